The van der Waals surface area contributed by atoms with E-state index in [2.05, 4.69) is 5.32 Å². The molecule has 7 nitrogen and oxygen atoms in total. The summed E-state index contributed by atoms with van der Waals surface area (Å²) >= 11 is 0. The minimum atomic E-state index is -0.487. The Morgan fingerprint density at radius 2 is 1.92 bits per heavy atom. The first-order valence-electron chi connectivity index (χ1n) is 8.42. The highest BCUT2D eigenvalue weighted by molar-refractivity contribution is 5.96. The van der Waals surface area contributed by atoms with Crippen molar-refractivity contribution in [3.8, 4) is 11.5 Å². The summed E-state index contributed by atoms with van der Waals surface area (Å²) in [5.41, 5.74) is 1.44. The van der Waals surface area contributed by atoms with Crippen LogP contribution in [0.25, 0.3) is 0 Å². The fourth-order valence-electron chi connectivity index (χ4n) is 2.87. The fraction of sp³-hybridized carbons (Fsp3) is 0.316. The second kappa shape index (κ2) is 7.43. The largest absolute Gasteiger partial charge is 0.490 e. The van der Waals surface area contributed by atoms with Gasteiger partial charge in [-0.2, -0.15) is 0 Å². The Hall–Kier alpha value is -3.09. The zero-order chi connectivity index (χ0) is 18.7. The average molecular weight is 356 g/mol. The van der Waals surface area contributed by atoms with Gasteiger partial charge in [-0.15, -0.1) is 0 Å². The Kier molecular flexibility index (Phi) is 5.06. The van der Waals surface area contributed by atoms with Crippen LogP contribution in [-0.2, 0) is 0 Å². The van der Waals surface area contributed by atoms with E-state index in [1.54, 1.807) is 13.0 Å². The lowest BCUT2D eigenvalue weighted by molar-refractivity contribution is -0.385. The van der Waals surface area contributed by atoms with Crippen molar-refractivity contribution in [2.24, 2.45) is 0 Å². The molecule has 0 aliphatic carbocycles. The number of nitrogens with one attached hydrogen (secondary N) is 1. The number of benzene rings is 2. The lowest BCUT2D eigenvalue weighted by Gasteiger charge is -2.17. The van der Waals surface area contributed by atoms with E-state index in [-0.39, 0.29) is 17.6 Å². The summed E-state index contributed by atoms with van der Waals surface area (Å²) < 4.78 is 11.3. The molecule has 0 fully saturated rings. The molecule has 1 heterocycles. The fourth-order valence-corrected chi connectivity index (χ4v) is 2.87. The topological polar surface area (TPSA) is 90.7 Å². The number of carbonyl (C=O) groups excluding carboxylic acids is 1. The van der Waals surface area contributed by atoms with Gasteiger partial charge in [0.2, 0.25) is 0 Å². The SMILES string of the molecule is Cc1c(C(=O)NC(C)c2ccc3c(c2)OCCCO3)cccc1[N+](=O)[O-]. The van der Waals surface area contributed by atoms with E-state index < -0.39 is 4.92 Å². The molecule has 1 atom stereocenters. The Morgan fingerprint density at radius 1 is 1.19 bits per heavy atom. The van der Waals surface area contributed by atoms with Crippen LogP contribution in [0.1, 0.15) is 40.9 Å². The molecule has 1 unspecified atom stereocenters. The third-order valence-corrected chi connectivity index (χ3v) is 4.37. The summed E-state index contributed by atoms with van der Waals surface area (Å²) in [6.45, 7) is 4.63. The third-order valence-electron chi connectivity index (χ3n) is 4.37. The van der Waals surface area contributed by atoms with E-state index in [1.165, 1.54) is 12.1 Å². The number of carbonyl (C=O) groups is 1. The molecule has 0 aromatic heterocycles. The first-order chi connectivity index (χ1) is 12.5. The van der Waals surface area contributed by atoms with Crippen LogP contribution in [0.15, 0.2) is 36.4 Å². The normalized spacial score (nSPS) is 14.2. The molecule has 3 rings (SSSR count). The van der Waals surface area contributed by atoms with Crippen LogP contribution in [0.5, 0.6) is 11.5 Å². The Labute approximate surface area is 151 Å². The van der Waals surface area contributed by atoms with E-state index in [0.29, 0.717) is 35.8 Å². The summed E-state index contributed by atoms with van der Waals surface area (Å²) in [7, 11) is 0. The van der Waals surface area contributed by atoms with Crippen molar-refractivity contribution < 1.29 is 19.2 Å². The van der Waals surface area contributed by atoms with Gasteiger partial charge in [-0.25, -0.2) is 0 Å². The van der Waals surface area contributed by atoms with Gasteiger partial charge in [-0.1, -0.05) is 12.1 Å². The van der Waals surface area contributed by atoms with Crippen molar-refractivity contribution in [3.05, 3.63) is 63.2 Å². The zero-order valence-electron chi connectivity index (χ0n) is 14.7. The number of amides is 1. The predicted molar refractivity (Wildman–Crippen MR) is 95.8 cm³/mol. The second-order valence-electron chi connectivity index (χ2n) is 6.16. The molecular weight excluding hydrogens is 336 g/mol. The standard InChI is InChI=1S/C19H20N2O5/c1-12-15(5-3-6-16(12)21(23)24)19(22)20-13(2)14-7-8-17-18(11-14)26-10-4-9-25-17/h3,5-8,11,13H,4,9-10H2,1-2H3,(H,20,22). The summed E-state index contributed by atoms with van der Waals surface area (Å²) in [6, 6.07) is 9.75. The monoisotopic (exact) mass is 356 g/mol. The quantitative estimate of drug-likeness (QED) is 0.668. The van der Waals surface area contributed by atoms with Gasteiger partial charge in [0.15, 0.2) is 11.5 Å². The summed E-state index contributed by atoms with van der Waals surface area (Å²) in [5.74, 6) is 0.998. The van der Waals surface area contributed by atoms with Gasteiger partial charge in [0.25, 0.3) is 11.6 Å². The molecule has 1 N–H and O–H groups in total. The molecule has 1 aliphatic heterocycles. The highest BCUT2D eigenvalue weighted by Gasteiger charge is 2.20. The second-order valence-corrected chi connectivity index (χ2v) is 6.16. The number of nitro benzene ring substituents is 1. The van der Waals surface area contributed by atoms with Crippen LogP contribution in [0.2, 0.25) is 0 Å². The van der Waals surface area contributed by atoms with Crippen LogP contribution in [0.4, 0.5) is 5.69 Å². The van der Waals surface area contributed by atoms with Crippen molar-refractivity contribution >= 4 is 11.6 Å². The molecule has 0 saturated carbocycles. The van der Waals surface area contributed by atoms with Gasteiger partial charge in [0.05, 0.1) is 24.2 Å². The number of ether oxygens (including phenoxy) is 2. The molecule has 0 radical (unpaired) electrons. The molecule has 0 saturated heterocycles. The molecular formula is C19H20N2O5. The molecule has 7 heteroatoms. The summed E-state index contributed by atoms with van der Waals surface area (Å²) in [6.07, 6.45) is 0.822. The molecule has 0 bridgehead atoms. The molecule has 136 valence electrons. The number of fused-ring (bicyclic) bond motifs is 1. The van der Waals surface area contributed by atoms with Gasteiger partial charge in [0.1, 0.15) is 0 Å². The molecule has 26 heavy (non-hydrogen) atoms. The van der Waals surface area contributed by atoms with Crippen molar-refractivity contribution in [1.29, 1.82) is 0 Å². The van der Waals surface area contributed by atoms with Crippen LogP contribution in [-0.4, -0.2) is 24.0 Å². The summed E-state index contributed by atoms with van der Waals surface area (Å²) in [4.78, 5) is 23.1. The summed E-state index contributed by atoms with van der Waals surface area (Å²) in [5, 5.41) is 13.9. The third kappa shape index (κ3) is 3.61. The van der Waals surface area contributed by atoms with Crippen LogP contribution >= 0.6 is 0 Å². The Balaban J connectivity index is 1.79. The van der Waals surface area contributed by atoms with Crippen molar-refractivity contribution in [2.45, 2.75) is 26.3 Å². The van der Waals surface area contributed by atoms with E-state index in [0.717, 1.165) is 12.0 Å². The van der Waals surface area contributed by atoms with E-state index in [4.69, 9.17) is 9.47 Å². The molecule has 1 aliphatic rings. The van der Waals surface area contributed by atoms with Crippen LogP contribution < -0.4 is 14.8 Å². The van der Waals surface area contributed by atoms with E-state index >= 15 is 0 Å². The highest BCUT2D eigenvalue weighted by atomic mass is 16.6. The van der Waals surface area contributed by atoms with Gasteiger partial charge in [-0.3, -0.25) is 14.9 Å². The first-order valence-corrected chi connectivity index (χ1v) is 8.42. The van der Waals surface area contributed by atoms with Gasteiger partial charge in [0, 0.05) is 23.6 Å². The molecule has 0 spiro atoms. The molecule has 2 aromatic rings. The van der Waals surface area contributed by atoms with Gasteiger partial charge >= 0.3 is 0 Å². The number of nitro groups is 1. The predicted octanol–water partition coefficient (Wildman–Crippen LogP) is 3.56. The van der Waals surface area contributed by atoms with Crippen molar-refractivity contribution in [2.75, 3.05) is 13.2 Å². The first kappa shape index (κ1) is 17.7. The maximum atomic E-state index is 12.6. The van der Waals surface area contributed by atoms with Crippen LogP contribution in [0, 0.1) is 17.0 Å². The number of rotatable bonds is 4. The minimum absolute atomic E-state index is 0.0686. The maximum Gasteiger partial charge on any atom is 0.273 e. The zero-order valence-corrected chi connectivity index (χ0v) is 14.7. The number of hydrogen-bond acceptors (Lipinski definition) is 5. The Bertz CT molecular complexity index is 850. The smallest absolute Gasteiger partial charge is 0.273 e. The van der Waals surface area contributed by atoms with Crippen molar-refractivity contribution in [1.82, 2.24) is 5.32 Å². The Morgan fingerprint density at radius 3 is 2.65 bits per heavy atom. The van der Waals surface area contributed by atoms with Gasteiger partial charge < -0.3 is 14.8 Å². The minimum Gasteiger partial charge on any atom is -0.490 e. The maximum absolute atomic E-state index is 12.6. The van der Waals surface area contributed by atoms with Crippen molar-refractivity contribution in [3.63, 3.8) is 0 Å². The van der Waals surface area contributed by atoms with E-state index in [1.807, 2.05) is 25.1 Å². The van der Waals surface area contributed by atoms with E-state index in [9.17, 15) is 14.9 Å². The van der Waals surface area contributed by atoms with Gasteiger partial charge in [-0.05, 0) is 37.6 Å². The highest BCUT2D eigenvalue weighted by Crippen LogP contribution is 2.32. The van der Waals surface area contributed by atoms with Crippen LogP contribution in [0.3, 0.4) is 0 Å². The molecule has 2 aromatic carbocycles. The lowest BCUT2D eigenvalue weighted by Crippen LogP contribution is -2.27. The molecule has 1 amide bonds. The average Bonchev–Trinajstić information content (AvgIpc) is 2.86. The lowest BCUT2D eigenvalue weighted by atomic mass is 10.0. The number of nitrogens with zero attached hydrogens (tertiary/aromatic N) is 1. The number of hydrogen-bond donors (Lipinski definition) is 1.